The van der Waals surface area contributed by atoms with E-state index in [2.05, 4.69) is 0 Å². The van der Waals surface area contributed by atoms with Crippen molar-refractivity contribution in [3.05, 3.63) is 64.5 Å². The van der Waals surface area contributed by atoms with Gasteiger partial charge in [0.15, 0.2) is 6.10 Å². The summed E-state index contributed by atoms with van der Waals surface area (Å²) in [5, 5.41) is 9.85. The average molecular weight is 338 g/mol. The smallest absolute Gasteiger partial charge is 0.344 e. The first kappa shape index (κ1) is 16.8. The van der Waals surface area contributed by atoms with Crippen LogP contribution < -0.4 is 10.4 Å². The number of carboxylic acids is 1. The Labute approximate surface area is 144 Å². The molecule has 0 aliphatic heterocycles. The van der Waals surface area contributed by atoms with E-state index in [0.717, 1.165) is 22.1 Å². The Morgan fingerprint density at radius 3 is 2.56 bits per heavy atom. The molecule has 5 heteroatoms. The van der Waals surface area contributed by atoms with Crippen molar-refractivity contribution in [2.45, 2.75) is 26.4 Å². The van der Waals surface area contributed by atoms with Crippen LogP contribution in [0, 0.1) is 0 Å². The monoisotopic (exact) mass is 338 g/mol. The second-order valence-electron chi connectivity index (χ2n) is 5.75. The number of ether oxygens (including phenoxy) is 1. The van der Waals surface area contributed by atoms with Crippen LogP contribution in [0.3, 0.4) is 0 Å². The Morgan fingerprint density at radius 1 is 1.20 bits per heavy atom. The lowest BCUT2D eigenvalue weighted by atomic mass is 9.99. The molecular formula is C20H18O5. The molecule has 0 radical (unpaired) electrons. The van der Waals surface area contributed by atoms with E-state index >= 15 is 0 Å². The molecule has 5 nitrogen and oxygen atoms in total. The van der Waals surface area contributed by atoms with E-state index < -0.39 is 17.7 Å². The van der Waals surface area contributed by atoms with Crippen molar-refractivity contribution >= 4 is 16.9 Å². The zero-order valence-corrected chi connectivity index (χ0v) is 14.0. The molecule has 0 saturated heterocycles. The fourth-order valence-electron chi connectivity index (χ4n) is 2.72. The number of fused-ring (bicyclic) bond motifs is 1. The highest BCUT2D eigenvalue weighted by molar-refractivity contribution is 5.94. The molecule has 3 aromatic rings. The van der Waals surface area contributed by atoms with Gasteiger partial charge in [-0.3, -0.25) is 0 Å². The summed E-state index contributed by atoms with van der Waals surface area (Å²) < 4.78 is 10.9. The van der Waals surface area contributed by atoms with Gasteiger partial charge in [0.2, 0.25) is 0 Å². The van der Waals surface area contributed by atoms with Crippen molar-refractivity contribution in [1.29, 1.82) is 0 Å². The predicted molar refractivity (Wildman–Crippen MR) is 95.0 cm³/mol. The van der Waals surface area contributed by atoms with Crippen LogP contribution in [0.15, 0.2) is 57.7 Å². The normalized spacial score (nSPS) is 12.1. The Kier molecular flexibility index (Phi) is 4.57. The van der Waals surface area contributed by atoms with Crippen LogP contribution in [-0.4, -0.2) is 17.2 Å². The molecule has 1 aromatic heterocycles. The largest absolute Gasteiger partial charge is 0.479 e. The minimum Gasteiger partial charge on any atom is -0.479 e. The molecule has 3 rings (SSSR count). The molecule has 0 unspecified atom stereocenters. The lowest BCUT2D eigenvalue weighted by molar-refractivity contribution is -0.144. The van der Waals surface area contributed by atoms with Crippen molar-refractivity contribution in [3.63, 3.8) is 0 Å². The zero-order valence-electron chi connectivity index (χ0n) is 14.0. The standard InChI is InChI=1S/C20H18O5/c1-3-13-9-16-15(14-7-5-4-6-8-14)10-19(21)25-18(16)11-17(13)24-12(2)20(22)23/h4-12H,3H2,1-2H3,(H,22,23)/t12-/m0/s1. The molecular weight excluding hydrogens is 320 g/mol. The summed E-state index contributed by atoms with van der Waals surface area (Å²) in [5.74, 6) is -0.639. The van der Waals surface area contributed by atoms with Crippen molar-refractivity contribution in [3.8, 4) is 16.9 Å². The fourth-order valence-corrected chi connectivity index (χ4v) is 2.72. The summed E-state index contributed by atoms with van der Waals surface area (Å²) in [4.78, 5) is 23.0. The molecule has 25 heavy (non-hydrogen) atoms. The molecule has 1 heterocycles. The molecule has 0 bridgehead atoms. The Balaban J connectivity index is 2.22. The third kappa shape index (κ3) is 3.40. The maximum absolute atomic E-state index is 12.0. The molecule has 0 spiro atoms. The number of aliphatic carboxylic acids is 1. The summed E-state index contributed by atoms with van der Waals surface area (Å²) >= 11 is 0. The molecule has 1 atom stereocenters. The van der Waals surface area contributed by atoms with Crippen LogP contribution >= 0.6 is 0 Å². The summed E-state index contributed by atoms with van der Waals surface area (Å²) in [6.07, 6.45) is -0.336. The van der Waals surface area contributed by atoms with E-state index in [1.807, 2.05) is 43.3 Å². The molecule has 0 fully saturated rings. The topological polar surface area (TPSA) is 76.7 Å². The number of rotatable bonds is 5. The summed E-state index contributed by atoms with van der Waals surface area (Å²) in [6.45, 7) is 3.42. The minimum absolute atomic E-state index is 0.371. The van der Waals surface area contributed by atoms with Crippen LogP contribution in [-0.2, 0) is 11.2 Å². The number of hydrogen-bond acceptors (Lipinski definition) is 4. The van der Waals surface area contributed by atoms with Gasteiger partial charge in [0.25, 0.3) is 0 Å². The van der Waals surface area contributed by atoms with Crippen LogP contribution in [0.5, 0.6) is 5.75 Å². The third-order valence-electron chi connectivity index (χ3n) is 4.04. The quantitative estimate of drug-likeness (QED) is 0.715. The highest BCUT2D eigenvalue weighted by Crippen LogP contribution is 2.33. The number of carboxylic acid groups (broad SMARTS) is 1. The molecule has 1 N–H and O–H groups in total. The van der Waals surface area contributed by atoms with Crippen molar-refractivity contribution < 1.29 is 19.1 Å². The lowest BCUT2D eigenvalue weighted by Gasteiger charge is -2.15. The highest BCUT2D eigenvalue weighted by atomic mass is 16.5. The number of carbonyl (C=O) groups is 1. The van der Waals surface area contributed by atoms with Gasteiger partial charge in [0.1, 0.15) is 11.3 Å². The van der Waals surface area contributed by atoms with E-state index in [-0.39, 0.29) is 0 Å². The second-order valence-corrected chi connectivity index (χ2v) is 5.75. The van der Waals surface area contributed by atoms with Crippen molar-refractivity contribution in [1.82, 2.24) is 0 Å². The van der Waals surface area contributed by atoms with Gasteiger partial charge in [0.05, 0.1) is 0 Å². The first-order valence-corrected chi connectivity index (χ1v) is 8.05. The number of hydrogen-bond donors (Lipinski definition) is 1. The van der Waals surface area contributed by atoms with Crippen LogP contribution in [0.1, 0.15) is 19.4 Å². The molecule has 0 aliphatic carbocycles. The zero-order chi connectivity index (χ0) is 18.0. The highest BCUT2D eigenvalue weighted by Gasteiger charge is 2.17. The van der Waals surface area contributed by atoms with Crippen molar-refractivity contribution in [2.24, 2.45) is 0 Å². The summed E-state index contributed by atoms with van der Waals surface area (Å²) in [6, 6.07) is 14.5. The lowest BCUT2D eigenvalue weighted by Crippen LogP contribution is -2.23. The van der Waals surface area contributed by atoms with Gasteiger partial charge >= 0.3 is 11.6 Å². The third-order valence-corrected chi connectivity index (χ3v) is 4.04. The van der Waals surface area contributed by atoms with Gasteiger partial charge in [-0.05, 0) is 36.1 Å². The van der Waals surface area contributed by atoms with Gasteiger partial charge in [-0.2, -0.15) is 0 Å². The maximum Gasteiger partial charge on any atom is 0.344 e. The SMILES string of the molecule is CCc1cc2c(-c3ccccc3)cc(=O)oc2cc1O[C@@H](C)C(=O)O. The summed E-state index contributed by atoms with van der Waals surface area (Å²) in [7, 11) is 0. The van der Waals surface area contributed by atoms with Gasteiger partial charge in [-0.25, -0.2) is 9.59 Å². The second kappa shape index (κ2) is 6.81. The van der Waals surface area contributed by atoms with Crippen LogP contribution in [0.2, 0.25) is 0 Å². The van der Waals surface area contributed by atoms with E-state index in [0.29, 0.717) is 17.8 Å². The van der Waals surface area contributed by atoms with Gasteiger partial charge in [0, 0.05) is 17.5 Å². The first-order valence-electron chi connectivity index (χ1n) is 8.05. The predicted octanol–water partition coefficient (Wildman–Crippen LogP) is 3.87. The Morgan fingerprint density at radius 2 is 1.92 bits per heavy atom. The molecule has 0 saturated carbocycles. The van der Waals surface area contributed by atoms with E-state index in [1.54, 1.807) is 6.07 Å². The Hall–Kier alpha value is -3.08. The van der Waals surface area contributed by atoms with Crippen LogP contribution in [0.25, 0.3) is 22.1 Å². The van der Waals surface area contributed by atoms with Crippen LogP contribution in [0.4, 0.5) is 0 Å². The first-order chi connectivity index (χ1) is 12.0. The molecule has 0 amide bonds. The van der Waals surface area contributed by atoms with Gasteiger partial charge in [-0.15, -0.1) is 0 Å². The minimum atomic E-state index is -1.05. The van der Waals surface area contributed by atoms with E-state index in [4.69, 9.17) is 14.3 Å². The molecule has 0 aliphatic rings. The molecule has 128 valence electrons. The van der Waals surface area contributed by atoms with E-state index in [1.165, 1.54) is 13.0 Å². The van der Waals surface area contributed by atoms with Crippen molar-refractivity contribution in [2.75, 3.05) is 0 Å². The fraction of sp³-hybridized carbons (Fsp3) is 0.200. The van der Waals surface area contributed by atoms with E-state index in [9.17, 15) is 9.59 Å². The Bertz CT molecular complexity index is 973. The van der Waals surface area contributed by atoms with Gasteiger partial charge < -0.3 is 14.3 Å². The number of benzene rings is 2. The van der Waals surface area contributed by atoms with Gasteiger partial charge in [-0.1, -0.05) is 37.3 Å². The maximum atomic E-state index is 12.0. The number of aryl methyl sites for hydroxylation is 1. The molecule has 2 aromatic carbocycles. The average Bonchev–Trinajstić information content (AvgIpc) is 2.61. The summed E-state index contributed by atoms with van der Waals surface area (Å²) in [5.41, 5.74) is 2.45.